The lowest BCUT2D eigenvalue weighted by Gasteiger charge is -2.04. The molecule has 0 aromatic carbocycles. The van der Waals surface area contributed by atoms with Crippen molar-refractivity contribution in [3.05, 3.63) is 28.7 Å². The minimum Gasteiger partial charge on any atom is -0.309 e. The molecule has 18 heavy (non-hydrogen) atoms. The molecular weight excluding hydrogens is 258 g/mol. The van der Waals surface area contributed by atoms with Crippen molar-refractivity contribution in [2.24, 2.45) is 0 Å². The summed E-state index contributed by atoms with van der Waals surface area (Å²) in [5.74, 6) is 0.177. The number of aromatic amines is 1. The van der Waals surface area contributed by atoms with Gasteiger partial charge in [-0.05, 0) is 6.92 Å². The minimum absolute atomic E-state index is 0.0347. The molecule has 0 radical (unpaired) electrons. The van der Waals surface area contributed by atoms with E-state index >= 15 is 0 Å². The molecule has 2 heterocycles. The molecule has 0 spiro atoms. The van der Waals surface area contributed by atoms with Gasteiger partial charge in [-0.1, -0.05) is 0 Å². The van der Waals surface area contributed by atoms with E-state index in [-0.39, 0.29) is 29.2 Å². The average Bonchev–Trinajstić information content (AvgIpc) is 2.37. The third-order valence-electron chi connectivity index (χ3n) is 2.27. The Labute approximate surface area is 103 Å². The van der Waals surface area contributed by atoms with Crippen molar-refractivity contribution in [1.29, 1.82) is 0 Å². The van der Waals surface area contributed by atoms with Crippen molar-refractivity contribution in [2.75, 3.05) is 5.75 Å². The van der Waals surface area contributed by atoms with Crippen LogP contribution in [0.4, 0.5) is 0 Å². The van der Waals surface area contributed by atoms with Crippen molar-refractivity contribution in [3.8, 4) is 0 Å². The molecule has 2 aromatic rings. The second-order valence-corrected chi connectivity index (χ2v) is 5.59. The first kappa shape index (κ1) is 12.6. The highest BCUT2D eigenvalue weighted by molar-refractivity contribution is 7.89. The predicted octanol–water partition coefficient (Wildman–Crippen LogP) is -0.848. The van der Waals surface area contributed by atoms with E-state index in [9.17, 15) is 13.2 Å². The molecule has 0 aliphatic heterocycles. The van der Waals surface area contributed by atoms with Crippen molar-refractivity contribution in [2.45, 2.75) is 13.5 Å². The Hall–Kier alpha value is -1.87. The third kappa shape index (κ3) is 2.68. The summed E-state index contributed by atoms with van der Waals surface area (Å²) in [6.07, 6.45) is 2.63. The monoisotopic (exact) mass is 269 g/mol. The van der Waals surface area contributed by atoms with Crippen molar-refractivity contribution < 1.29 is 8.42 Å². The zero-order chi connectivity index (χ0) is 13.2. The van der Waals surface area contributed by atoms with Crippen LogP contribution in [-0.4, -0.2) is 34.1 Å². The molecule has 8 nitrogen and oxygen atoms in total. The summed E-state index contributed by atoms with van der Waals surface area (Å²) in [6, 6.07) is 0. The Morgan fingerprint density at radius 2 is 2.22 bits per heavy atom. The Balaban J connectivity index is 2.33. The zero-order valence-electron chi connectivity index (χ0n) is 9.54. The molecule has 0 aliphatic carbocycles. The molecule has 0 saturated heterocycles. The molecule has 9 heteroatoms. The number of H-pyrrole nitrogens is 1. The Morgan fingerprint density at radius 1 is 1.44 bits per heavy atom. The number of hydrogen-bond acceptors (Lipinski definition) is 6. The molecule has 0 aliphatic rings. The first-order valence-electron chi connectivity index (χ1n) is 5.18. The van der Waals surface area contributed by atoms with Crippen LogP contribution in [0.15, 0.2) is 17.3 Å². The van der Waals surface area contributed by atoms with E-state index in [2.05, 4.69) is 24.7 Å². The van der Waals surface area contributed by atoms with Gasteiger partial charge in [-0.25, -0.2) is 28.1 Å². The molecule has 2 N–H and O–H groups in total. The Kier molecular flexibility index (Phi) is 3.34. The van der Waals surface area contributed by atoms with Gasteiger partial charge in [0.15, 0.2) is 5.65 Å². The van der Waals surface area contributed by atoms with Crippen LogP contribution in [-0.2, 0) is 16.6 Å². The SMILES string of the molecule is CCS(=O)(=O)NCc1nc2ncncc2c(=O)[nH]1. The van der Waals surface area contributed by atoms with E-state index in [0.29, 0.717) is 0 Å². The van der Waals surface area contributed by atoms with E-state index in [1.165, 1.54) is 19.4 Å². The summed E-state index contributed by atoms with van der Waals surface area (Å²) in [7, 11) is -3.33. The summed E-state index contributed by atoms with van der Waals surface area (Å²) in [5.41, 5.74) is -0.161. The van der Waals surface area contributed by atoms with Gasteiger partial charge in [-0.15, -0.1) is 0 Å². The van der Waals surface area contributed by atoms with Gasteiger partial charge in [-0.3, -0.25) is 4.79 Å². The fourth-order valence-electron chi connectivity index (χ4n) is 1.29. The van der Waals surface area contributed by atoms with Gasteiger partial charge >= 0.3 is 0 Å². The molecule has 0 fully saturated rings. The lowest BCUT2D eigenvalue weighted by atomic mass is 10.4. The standard InChI is InChI=1S/C9H11N5O3S/c1-2-18(16,17)12-4-7-13-8-6(9(15)14-7)3-10-5-11-8/h3,5,12H,2,4H2,1H3,(H,10,11,13,14,15). The van der Waals surface area contributed by atoms with Gasteiger partial charge in [0.1, 0.15) is 17.5 Å². The highest BCUT2D eigenvalue weighted by Gasteiger charge is 2.09. The molecule has 0 atom stereocenters. The summed E-state index contributed by atoms with van der Waals surface area (Å²) in [4.78, 5) is 25.7. The number of rotatable bonds is 4. The largest absolute Gasteiger partial charge is 0.309 e. The zero-order valence-corrected chi connectivity index (χ0v) is 10.4. The quantitative estimate of drug-likeness (QED) is 0.746. The molecule has 2 aromatic heterocycles. The average molecular weight is 269 g/mol. The van der Waals surface area contributed by atoms with Crippen molar-refractivity contribution >= 4 is 21.1 Å². The smallest absolute Gasteiger partial charge is 0.262 e. The van der Waals surface area contributed by atoms with Crippen LogP contribution >= 0.6 is 0 Å². The van der Waals surface area contributed by atoms with Gasteiger partial charge in [0.05, 0.1) is 12.3 Å². The molecule has 0 amide bonds. The maximum Gasteiger partial charge on any atom is 0.262 e. The fraction of sp³-hybridized carbons (Fsp3) is 0.333. The first-order valence-corrected chi connectivity index (χ1v) is 6.83. The molecular formula is C9H11N5O3S. The van der Waals surface area contributed by atoms with E-state index in [1.807, 2.05) is 0 Å². The maximum atomic E-state index is 11.6. The second kappa shape index (κ2) is 4.78. The van der Waals surface area contributed by atoms with Crippen LogP contribution in [0.3, 0.4) is 0 Å². The van der Waals surface area contributed by atoms with Crippen LogP contribution < -0.4 is 10.3 Å². The predicted molar refractivity (Wildman–Crippen MR) is 64.3 cm³/mol. The van der Waals surface area contributed by atoms with Gasteiger partial charge in [0.2, 0.25) is 10.0 Å². The molecule has 96 valence electrons. The topological polar surface area (TPSA) is 118 Å². The third-order valence-corrected chi connectivity index (χ3v) is 3.62. The second-order valence-electron chi connectivity index (χ2n) is 3.50. The van der Waals surface area contributed by atoms with Gasteiger partial charge < -0.3 is 4.98 Å². The van der Waals surface area contributed by atoms with Gasteiger partial charge in [-0.2, -0.15) is 0 Å². The summed E-state index contributed by atoms with van der Waals surface area (Å²) in [5, 5.41) is 0.264. The minimum atomic E-state index is -3.33. The van der Waals surface area contributed by atoms with Crippen molar-refractivity contribution in [3.63, 3.8) is 0 Å². The molecule has 0 saturated carbocycles. The van der Waals surface area contributed by atoms with Crippen molar-refractivity contribution in [1.82, 2.24) is 24.7 Å². The Bertz CT molecular complexity index is 724. The first-order chi connectivity index (χ1) is 8.52. The summed E-state index contributed by atoms with van der Waals surface area (Å²) < 4.78 is 24.8. The van der Waals surface area contributed by atoms with E-state index < -0.39 is 15.6 Å². The lowest BCUT2D eigenvalue weighted by molar-refractivity contribution is 0.580. The van der Waals surface area contributed by atoms with Gasteiger partial charge in [0.25, 0.3) is 5.56 Å². The lowest BCUT2D eigenvalue weighted by Crippen LogP contribution is -2.27. The fourth-order valence-corrected chi connectivity index (χ4v) is 1.85. The number of sulfonamides is 1. The maximum absolute atomic E-state index is 11.6. The molecule has 2 rings (SSSR count). The summed E-state index contributed by atoms with van der Waals surface area (Å²) >= 11 is 0. The van der Waals surface area contributed by atoms with E-state index in [1.54, 1.807) is 0 Å². The number of hydrogen-bond donors (Lipinski definition) is 2. The van der Waals surface area contributed by atoms with Crippen LogP contribution in [0, 0.1) is 0 Å². The van der Waals surface area contributed by atoms with E-state index in [0.717, 1.165) is 0 Å². The number of fused-ring (bicyclic) bond motifs is 1. The highest BCUT2D eigenvalue weighted by atomic mass is 32.2. The van der Waals surface area contributed by atoms with Crippen LogP contribution in [0.2, 0.25) is 0 Å². The van der Waals surface area contributed by atoms with Gasteiger partial charge in [0, 0.05) is 6.20 Å². The normalized spacial score (nSPS) is 11.8. The highest BCUT2D eigenvalue weighted by Crippen LogP contribution is 2.00. The van der Waals surface area contributed by atoms with Crippen LogP contribution in [0.25, 0.3) is 11.0 Å². The van der Waals surface area contributed by atoms with Crippen LogP contribution in [0.5, 0.6) is 0 Å². The Morgan fingerprint density at radius 3 is 2.94 bits per heavy atom. The number of nitrogens with zero attached hydrogens (tertiary/aromatic N) is 3. The molecule has 0 unspecified atom stereocenters. The summed E-state index contributed by atoms with van der Waals surface area (Å²) in [6.45, 7) is 1.44. The van der Waals surface area contributed by atoms with E-state index in [4.69, 9.17) is 0 Å². The number of aromatic nitrogens is 4. The molecule has 0 bridgehead atoms. The number of nitrogens with one attached hydrogen (secondary N) is 2. The van der Waals surface area contributed by atoms with Crippen LogP contribution in [0.1, 0.15) is 12.7 Å².